The van der Waals surface area contributed by atoms with E-state index in [2.05, 4.69) is 37.7 Å². The Bertz CT molecular complexity index is 175. The third kappa shape index (κ3) is 2.55. The van der Waals surface area contributed by atoms with Crippen LogP contribution >= 0.6 is 0 Å². The second-order valence-electron chi connectivity index (χ2n) is 4.63. The topological polar surface area (TPSA) is 15.3 Å². The zero-order valence-corrected chi connectivity index (χ0v) is 9.14. The third-order valence-corrected chi connectivity index (χ3v) is 3.19. The molecule has 0 saturated carbocycles. The summed E-state index contributed by atoms with van der Waals surface area (Å²) in [6, 6.07) is 0.612. The van der Waals surface area contributed by atoms with Gasteiger partial charge in [0.2, 0.25) is 0 Å². The summed E-state index contributed by atoms with van der Waals surface area (Å²) in [6.45, 7) is 11.8. The van der Waals surface area contributed by atoms with Gasteiger partial charge in [-0.15, -0.1) is 6.58 Å². The monoisotopic (exact) mass is 182 g/mol. The minimum absolute atomic E-state index is 0.437. The minimum Gasteiger partial charge on any atom is -0.315 e. The smallest absolute Gasteiger partial charge is 0.0243 e. The Kier molecular flexibility index (Phi) is 3.51. The SMILES string of the molecule is C=CCN1CCC(C)(C)C(NC)C1. The summed E-state index contributed by atoms with van der Waals surface area (Å²) in [5.74, 6) is 0. The van der Waals surface area contributed by atoms with E-state index < -0.39 is 0 Å². The summed E-state index contributed by atoms with van der Waals surface area (Å²) in [7, 11) is 2.06. The van der Waals surface area contributed by atoms with Gasteiger partial charge < -0.3 is 5.32 Å². The molecule has 1 fully saturated rings. The molecule has 1 saturated heterocycles. The van der Waals surface area contributed by atoms with Gasteiger partial charge in [-0.05, 0) is 25.4 Å². The Morgan fingerprint density at radius 3 is 2.85 bits per heavy atom. The molecule has 2 nitrogen and oxygen atoms in total. The molecule has 0 bridgehead atoms. The van der Waals surface area contributed by atoms with E-state index in [-0.39, 0.29) is 0 Å². The molecular formula is C11H22N2. The molecule has 0 aliphatic carbocycles. The van der Waals surface area contributed by atoms with Crippen LogP contribution in [-0.4, -0.2) is 37.6 Å². The van der Waals surface area contributed by atoms with Crippen LogP contribution in [0.3, 0.4) is 0 Å². The van der Waals surface area contributed by atoms with Crippen molar-refractivity contribution in [3.63, 3.8) is 0 Å². The van der Waals surface area contributed by atoms with Gasteiger partial charge in [-0.3, -0.25) is 4.90 Å². The molecule has 1 aliphatic rings. The van der Waals surface area contributed by atoms with Gasteiger partial charge in [0.15, 0.2) is 0 Å². The van der Waals surface area contributed by atoms with E-state index in [9.17, 15) is 0 Å². The van der Waals surface area contributed by atoms with E-state index >= 15 is 0 Å². The van der Waals surface area contributed by atoms with Crippen molar-refractivity contribution in [3.8, 4) is 0 Å². The predicted octanol–water partition coefficient (Wildman–Crippen LogP) is 1.49. The fraction of sp³-hybridized carbons (Fsp3) is 0.818. The van der Waals surface area contributed by atoms with Crippen LogP contribution in [0, 0.1) is 5.41 Å². The Labute approximate surface area is 82.0 Å². The zero-order chi connectivity index (χ0) is 9.90. The molecule has 1 N–H and O–H groups in total. The highest BCUT2D eigenvalue weighted by molar-refractivity contribution is 4.92. The summed E-state index contributed by atoms with van der Waals surface area (Å²) >= 11 is 0. The number of nitrogens with one attached hydrogen (secondary N) is 1. The van der Waals surface area contributed by atoms with Crippen molar-refractivity contribution in [2.75, 3.05) is 26.7 Å². The van der Waals surface area contributed by atoms with Gasteiger partial charge in [-0.2, -0.15) is 0 Å². The molecule has 1 rings (SSSR count). The van der Waals surface area contributed by atoms with Gasteiger partial charge >= 0.3 is 0 Å². The molecule has 1 atom stereocenters. The number of nitrogens with zero attached hydrogens (tertiary/aromatic N) is 1. The Hall–Kier alpha value is -0.340. The second kappa shape index (κ2) is 4.25. The van der Waals surface area contributed by atoms with Crippen molar-refractivity contribution in [2.45, 2.75) is 26.3 Å². The fourth-order valence-electron chi connectivity index (χ4n) is 2.05. The average Bonchev–Trinajstić information content (AvgIpc) is 2.08. The van der Waals surface area contributed by atoms with Crippen molar-refractivity contribution >= 4 is 0 Å². The van der Waals surface area contributed by atoms with Crippen LogP contribution in [0.2, 0.25) is 0 Å². The lowest BCUT2D eigenvalue weighted by atomic mass is 9.78. The maximum atomic E-state index is 3.78. The summed E-state index contributed by atoms with van der Waals surface area (Å²) in [5.41, 5.74) is 0.437. The van der Waals surface area contributed by atoms with Crippen LogP contribution in [0.15, 0.2) is 12.7 Å². The molecule has 76 valence electrons. The fourth-order valence-corrected chi connectivity index (χ4v) is 2.05. The van der Waals surface area contributed by atoms with Gasteiger partial charge in [0, 0.05) is 19.1 Å². The van der Waals surface area contributed by atoms with Crippen LogP contribution in [0.1, 0.15) is 20.3 Å². The zero-order valence-electron chi connectivity index (χ0n) is 9.14. The number of piperidine rings is 1. The number of likely N-dealkylation sites (tertiary alicyclic amines) is 1. The number of likely N-dealkylation sites (N-methyl/N-ethyl adjacent to an activating group) is 1. The van der Waals surface area contributed by atoms with E-state index in [0.717, 1.165) is 13.1 Å². The van der Waals surface area contributed by atoms with E-state index in [1.807, 2.05) is 6.08 Å². The highest BCUT2D eigenvalue weighted by atomic mass is 15.2. The van der Waals surface area contributed by atoms with Gasteiger partial charge in [0.1, 0.15) is 0 Å². The quantitative estimate of drug-likeness (QED) is 0.665. The van der Waals surface area contributed by atoms with Crippen LogP contribution < -0.4 is 5.32 Å². The molecule has 2 heteroatoms. The molecule has 0 amide bonds. The van der Waals surface area contributed by atoms with Crippen molar-refractivity contribution in [3.05, 3.63) is 12.7 Å². The molecule has 1 heterocycles. The van der Waals surface area contributed by atoms with Crippen molar-refractivity contribution in [1.82, 2.24) is 10.2 Å². The summed E-state index contributed by atoms with van der Waals surface area (Å²) in [4.78, 5) is 2.46. The molecular weight excluding hydrogens is 160 g/mol. The van der Waals surface area contributed by atoms with Gasteiger partial charge in [-0.1, -0.05) is 19.9 Å². The highest BCUT2D eigenvalue weighted by Gasteiger charge is 2.33. The van der Waals surface area contributed by atoms with Crippen molar-refractivity contribution in [1.29, 1.82) is 0 Å². The van der Waals surface area contributed by atoms with Crippen LogP contribution in [0.4, 0.5) is 0 Å². The van der Waals surface area contributed by atoms with Crippen molar-refractivity contribution in [2.24, 2.45) is 5.41 Å². The van der Waals surface area contributed by atoms with E-state index in [4.69, 9.17) is 0 Å². The highest BCUT2D eigenvalue weighted by Crippen LogP contribution is 2.29. The Balaban J connectivity index is 2.52. The number of rotatable bonds is 3. The van der Waals surface area contributed by atoms with Gasteiger partial charge in [0.05, 0.1) is 0 Å². The maximum Gasteiger partial charge on any atom is 0.0243 e. The third-order valence-electron chi connectivity index (χ3n) is 3.19. The van der Waals surface area contributed by atoms with E-state index in [0.29, 0.717) is 11.5 Å². The summed E-state index contributed by atoms with van der Waals surface area (Å²) in [5, 5.41) is 3.41. The first-order chi connectivity index (χ1) is 6.10. The second-order valence-corrected chi connectivity index (χ2v) is 4.63. The predicted molar refractivity (Wildman–Crippen MR) is 57.9 cm³/mol. The first kappa shape index (κ1) is 10.7. The first-order valence-corrected chi connectivity index (χ1v) is 5.10. The Morgan fingerprint density at radius 1 is 1.62 bits per heavy atom. The normalized spacial score (nSPS) is 28.7. The number of hydrogen-bond donors (Lipinski definition) is 1. The van der Waals surface area contributed by atoms with Crippen LogP contribution in [0.5, 0.6) is 0 Å². The lowest BCUT2D eigenvalue weighted by Gasteiger charge is -2.43. The van der Waals surface area contributed by atoms with Gasteiger partial charge in [0.25, 0.3) is 0 Å². The standard InChI is InChI=1S/C11H22N2/c1-5-7-13-8-6-11(2,3)10(9-13)12-4/h5,10,12H,1,6-9H2,2-4H3. The molecule has 0 aromatic rings. The minimum atomic E-state index is 0.437. The molecule has 13 heavy (non-hydrogen) atoms. The molecule has 1 aliphatic heterocycles. The first-order valence-electron chi connectivity index (χ1n) is 5.10. The summed E-state index contributed by atoms with van der Waals surface area (Å²) < 4.78 is 0. The molecule has 0 aromatic carbocycles. The van der Waals surface area contributed by atoms with E-state index in [1.165, 1.54) is 13.0 Å². The molecule has 0 radical (unpaired) electrons. The number of hydrogen-bond acceptors (Lipinski definition) is 2. The molecule has 0 spiro atoms. The molecule has 0 aromatic heterocycles. The van der Waals surface area contributed by atoms with Crippen LogP contribution in [0.25, 0.3) is 0 Å². The summed E-state index contributed by atoms with van der Waals surface area (Å²) in [6.07, 6.45) is 3.26. The lowest BCUT2D eigenvalue weighted by Crippen LogP contribution is -2.53. The average molecular weight is 182 g/mol. The maximum absolute atomic E-state index is 3.78. The molecule has 1 unspecified atom stereocenters. The largest absolute Gasteiger partial charge is 0.315 e. The van der Waals surface area contributed by atoms with Gasteiger partial charge in [-0.25, -0.2) is 0 Å². The van der Waals surface area contributed by atoms with Crippen molar-refractivity contribution < 1.29 is 0 Å². The Morgan fingerprint density at radius 2 is 2.31 bits per heavy atom. The van der Waals surface area contributed by atoms with E-state index in [1.54, 1.807) is 0 Å². The lowest BCUT2D eigenvalue weighted by molar-refractivity contribution is 0.0982. The van der Waals surface area contributed by atoms with Crippen LogP contribution in [-0.2, 0) is 0 Å².